The molecule has 2 aliphatic rings. The maximum absolute atomic E-state index is 12.7. The molecule has 0 saturated heterocycles. The zero-order valence-corrected chi connectivity index (χ0v) is 18.1. The molecule has 1 fully saturated rings. The summed E-state index contributed by atoms with van der Waals surface area (Å²) < 4.78 is 5.02. The minimum atomic E-state index is -0.0461. The fourth-order valence-electron chi connectivity index (χ4n) is 4.65. The number of benzene rings is 1. The highest BCUT2D eigenvalue weighted by molar-refractivity contribution is 8.14. The van der Waals surface area contributed by atoms with Gasteiger partial charge in [-0.1, -0.05) is 55.3 Å². The Morgan fingerprint density at radius 1 is 1.23 bits per heavy atom. The second-order valence-corrected chi connectivity index (χ2v) is 9.10. The first kappa shape index (κ1) is 20.8. The van der Waals surface area contributed by atoms with Crippen LogP contribution in [0.5, 0.6) is 5.88 Å². The molecule has 1 saturated carbocycles. The number of hydrogen-bond acceptors (Lipinski definition) is 7. The van der Waals surface area contributed by atoms with Crippen LogP contribution in [0.1, 0.15) is 59.6 Å². The van der Waals surface area contributed by atoms with Crippen LogP contribution in [0.3, 0.4) is 0 Å². The molecule has 2 atom stereocenters. The first-order chi connectivity index (χ1) is 14.6. The number of carbonyl (C=O) groups excluding carboxylic acids is 1. The van der Waals surface area contributed by atoms with Crippen LogP contribution >= 0.6 is 11.8 Å². The molecule has 2 unspecified atom stereocenters. The van der Waals surface area contributed by atoms with E-state index in [-0.39, 0.29) is 11.8 Å². The smallest absolute Gasteiger partial charge is 0.232 e. The van der Waals surface area contributed by atoms with Crippen molar-refractivity contribution in [1.82, 2.24) is 9.97 Å². The Labute approximate surface area is 181 Å². The maximum atomic E-state index is 12.7. The largest absolute Gasteiger partial charge is 0.480 e. The normalized spacial score (nSPS) is 20.6. The third kappa shape index (κ3) is 4.83. The molecule has 4 rings (SSSR count). The van der Waals surface area contributed by atoms with Gasteiger partial charge in [0, 0.05) is 18.1 Å². The topological polar surface area (TPSA) is 90.5 Å². The van der Waals surface area contributed by atoms with E-state index in [1.165, 1.54) is 57.2 Å². The van der Waals surface area contributed by atoms with Gasteiger partial charge in [0.05, 0.1) is 25.5 Å². The predicted octanol–water partition coefficient (Wildman–Crippen LogP) is 4.00. The first-order valence-electron chi connectivity index (χ1n) is 10.6. The van der Waals surface area contributed by atoms with Gasteiger partial charge in [0.15, 0.2) is 11.0 Å². The lowest BCUT2D eigenvalue weighted by Crippen LogP contribution is -2.27. The van der Waals surface area contributed by atoms with Crippen LogP contribution in [0, 0.1) is 5.92 Å². The molecule has 30 heavy (non-hydrogen) atoms. The van der Waals surface area contributed by atoms with Gasteiger partial charge in [0.2, 0.25) is 5.88 Å². The summed E-state index contributed by atoms with van der Waals surface area (Å²) in [6.45, 7) is 0. The molecule has 0 radical (unpaired) electrons. The fraction of sp³-hybridized carbons (Fsp3) is 0.478. The molecule has 2 N–H and O–H groups in total. The third-order valence-corrected chi connectivity index (χ3v) is 7.00. The van der Waals surface area contributed by atoms with Gasteiger partial charge in [-0.2, -0.15) is 0 Å². The van der Waals surface area contributed by atoms with E-state index in [1.54, 1.807) is 11.8 Å². The summed E-state index contributed by atoms with van der Waals surface area (Å²) in [4.78, 5) is 25.7. The van der Waals surface area contributed by atoms with E-state index in [4.69, 9.17) is 15.5 Å². The van der Waals surface area contributed by atoms with E-state index in [1.807, 2.05) is 6.07 Å². The van der Waals surface area contributed by atoms with Crippen LogP contribution in [-0.4, -0.2) is 39.8 Å². The van der Waals surface area contributed by atoms with Gasteiger partial charge < -0.3 is 10.5 Å². The van der Waals surface area contributed by atoms with Crippen LogP contribution in [-0.2, 0) is 6.42 Å². The summed E-state index contributed by atoms with van der Waals surface area (Å²) in [7, 11) is 1.53. The number of hydrogen-bond donors (Lipinski definition) is 1. The van der Waals surface area contributed by atoms with Crippen LogP contribution in [0.25, 0.3) is 0 Å². The van der Waals surface area contributed by atoms with E-state index in [0.717, 1.165) is 11.3 Å². The van der Waals surface area contributed by atoms with Crippen LogP contribution in [0.15, 0.2) is 41.7 Å². The molecule has 1 aromatic carbocycles. The van der Waals surface area contributed by atoms with Crippen molar-refractivity contribution < 1.29 is 9.53 Å². The van der Waals surface area contributed by atoms with Gasteiger partial charge in [0.1, 0.15) is 5.69 Å². The van der Waals surface area contributed by atoms with Crippen molar-refractivity contribution in [1.29, 1.82) is 0 Å². The van der Waals surface area contributed by atoms with Crippen molar-refractivity contribution in [2.24, 2.45) is 16.6 Å². The third-order valence-electron chi connectivity index (χ3n) is 6.09. The molecule has 2 heterocycles. The molecule has 1 aliphatic carbocycles. The Morgan fingerprint density at radius 3 is 2.73 bits per heavy atom. The molecule has 1 aromatic heterocycles. The second-order valence-electron chi connectivity index (χ2n) is 8.06. The summed E-state index contributed by atoms with van der Waals surface area (Å²) in [5.41, 5.74) is 8.63. The van der Waals surface area contributed by atoms with Crippen molar-refractivity contribution in [2.75, 3.05) is 12.9 Å². The second kappa shape index (κ2) is 9.60. The van der Waals surface area contributed by atoms with Gasteiger partial charge >= 0.3 is 0 Å². The molecule has 1 aliphatic heterocycles. The number of ketones is 1. The molecule has 2 aromatic rings. The number of carbonyl (C=O) groups is 1. The highest BCUT2D eigenvalue weighted by Gasteiger charge is 2.34. The standard InChI is InChI=1S/C23H28N4O2S/c1-29-21-13-25-18(12-26-21)20(28)11-15-6-5-9-17(10-15)22(16-7-3-2-4-8-16)19-14-30-23(24)27-19/h5-6,9-10,12-13,16,19,22H,2-4,7-8,11,14H2,1H3,(H2,24,27). The SMILES string of the molecule is COc1cnc(C(=O)Cc2cccc(C(C3CCCCC3)C3CSC(N)=N3)c2)cn1. The van der Waals surface area contributed by atoms with Crippen molar-refractivity contribution in [3.05, 3.63) is 53.5 Å². The molecular formula is C23H28N4O2S. The number of ether oxygens (including phenoxy) is 1. The van der Waals surface area contributed by atoms with Gasteiger partial charge in [-0.05, 0) is 29.9 Å². The zero-order chi connectivity index (χ0) is 20.9. The van der Waals surface area contributed by atoms with Crippen molar-refractivity contribution in [3.63, 3.8) is 0 Å². The molecule has 7 heteroatoms. The number of Topliss-reactive ketones (excluding diaryl/α,β-unsaturated/α-hetero) is 1. The average molecular weight is 425 g/mol. The quantitative estimate of drug-likeness (QED) is 0.676. The highest BCUT2D eigenvalue weighted by Crippen LogP contribution is 2.42. The molecule has 0 spiro atoms. The van der Waals surface area contributed by atoms with Gasteiger partial charge in [-0.3, -0.25) is 9.79 Å². The molecule has 0 amide bonds. The number of amidine groups is 1. The van der Waals surface area contributed by atoms with Crippen molar-refractivity contribution >= 4 is 22.7 Å². The first-order valence-corrected chi connectivity index (χ1v) is 11.6. The Morgan fingerprint density at radius 2 is 2.07 bits per heavy atom. The summed E-state index contributed by atoms with van der Waals surface area (Å²) in [5.74, 6) is 2.28. The number of methoxy groups -OCH3 is 1. The molecule has 6 nitrogen and oxygen atoms in total. The number of rotatable bonds is 7. The fourth-order valence-corrected chi connectivity index (χ4v) is 5.48. The van der Waals surface area contributed by atoms with E-state index in [9.17, 15) is 4.79 Å². The van der Waals surface area contributed by atoms with Gasteiger partial charge in [-0.25, -0.2) is 9.97 Å². The van der Waals surface area contributed by atoms with E-state index in [0.29, 0.717) is 35.0 Å². The van der Waals surface area contributed by atoms with E-state index >= 15 is 0 Å². The van der Waals surface area contributed by atoms with Gasteiger partial charge in [-0.15, -0.1) is 0 Å². The minimum Gasteiger partial charge on any atom is -0.480 e. The van der Waals surface area contributed by atoms with E-state index in [2.05, 4.69) is 28.2 Å². The van der Waals surface area contributed by atoms with Crippen molar-refractivity contribution in [2.45, 2.75) is 50.5 Å². The number of nitrogens with zero attached hydrogens (tertiary/aromatic N) is 3. The lowest BCUT2D eigenvalue weighted by molar-refractivity contribution is 0.0987. The average Bonchev–Trinajstić information content (AvgIpc) is 3.20. The van der Waals surface area contributed by atoms with Crippen LogP contribution in [0.2, 0.25) is 0 Å². The zero-order valence-electron chi connectivity index (χ0n) is 17.3. The Bertz CT molecular complexity index is 910. The van der Waals surface area contributed by atoms with Crippen molar-refractivity contribution in [3.8, 4) is 5.88 Å². The Kier molecular flexibility index (Phi) is 6.67. The summed E-state index contributed by atoms with van der Waals surface area (Å²) in [6, 6.07) is 8.66. The number of aliphatic imine (C=N–C) groups is 1. The summed E-state index contributed by atoms with van der Waals surface area (Å²) in [6.07, 6.45) is 9.63. The summed E-state index contributed by atoms with van der Waals surface area (Å²) >= 11 is 1.66. The minimum absolute atomic E-state index is 0.0461. The predicted molar refractivity (Wildman–Crippen MR) is 120 cm³/mol. The maximum Gasteiger partial charge on any atom is 0.232 e. The number of thioether (sulfide) groups is 1. The van der Waals surface area contributed by atoms with E-state index < -0.39 is 0 Å². The van der Waals surface area contributed by atoms with Crippen LogP contribution < -0.4 is 10.5 Å². The Hall–Kier alpha value is -2.41. The molecular weight excluding hydrogens is 396 g/mol. The Balaban J connectivity index is 1.55. The summed E-state index contributed by atoms with van der Waals surface area (Å²) in [5, 5.41) is 0.699. The molecule has 158 valence electrons. The number of nitrogens with two attached hydrogens (primary N) is 1. The van der Waals surface area contributed by atoms with Crippen LogP contribution in [0.4, 0.5) is 0 Å². The number of aromatic nitrogens is 2. The molecule has 0 bridgehead atoms. The monoisotopic (exact) mass is 424 g/mol. The highest BCUT2D eigenvalue weighted by atomic mass is 32.2. The lowest BCUT2D eigenvalue weighted by atomic mass is 9.73. The lowest BCUT2D eigenvalue weighted by Gasteiger charge is -2.33. The van der Waals surface area contributed by atoms with Gasteiger partial charge in [0.25, 0.3) is 0 Å².